The van der Waals surface area contributed by atoms with Crippen LogP contribution in [0, 0.1) is 5.92 Å². The lowest BCUT2D eigenvalue weighted by molar-refractivity contribution is -0.122. The molecule has 3 nitrogen and oxygen atoms in total. The molecule has 0 radical (unpaired) electrons. The molecular formula is C20H24O3S. The molecule has 2 rings (SSSR count). The summed E-state index contributed by atoms with van der Waals surface area (Å²) in [5, 5.41) is 0. The molecule has 0 aromatic heterocycles. The van der Waals surface area contributed by atoms with Crippen LogP contribution < -0.4 is 0 Å². The highest BCUT2D eigenvalue weighted by Gasteiger charge is 2.16. The number of allylic oxidation sites excluding steroid dienone is 5. The molecule has 128 valence electrons. The highest BCUT2D eigenvalue weighted by Crippen LogP contribution is 2.24. The summed E-state index contributed by atoms with van der Waals surface area (Å²) in [4.78, 5) is 12.8. The topological polar surface area (TPSA) is 43.4 Å². The predicted octanol–water partition coefficient (Wildman–Crippen LogP) is 4.63. The van der Waals surface area contributed by atoms with Gasteiger partial charge in [0.05, 0.1) is 12.0 Å². The maximum Gasteiger partial charge on any atom is 0.188 e. The lowest BCUT2D eigenvalue weighted by Crippen LogP contribution is -2.13. The Kier molecular flexibility index (Phi) is 7.35. The number of Topliss-reactive ketones (excluding diaryl/α,β-unsaturated/α-hetero) is 1. The maximum atomic E-state index is 12.2. The van der Waals surface area contributed by atoms with Crippen molar-refractivity contribution in [2.45, 2.75) is 37.0 Å². The third-order valence-corrected chi connectivity index (χ3v) is 5.13. The summed E-state index contributed by atoms with van der Waals surface area (Å²) < 4.78 is 16.5. The quantitative estimate of drug-likeness (QED) is 0.731. The van der Waals surface area contributed by atoms with Crippen LogP contribution in [0.4, 0.5) is 0 Å². The van der Waals surface area contributed by atoms with Crippen LogP contribution in [0.15, 0.2) is 60.0 Å². The Morgan fingerprint density at radius 2 is 2.04 bits per heavy atom. The average Bonchev–Trinajstić information content (AvgIpc) is 2.62. The molecule has 0 aliphatic heterocycles. The van der Waals surface area contributed by atoms with Gasteiger partial charge >= 0.3 is 0 Å². The predicted molar refractivity (Wildman–Crippen MR) is 98.8 cm³/mol. The Morgan fingerprint density at radius 1 is 1.29 bits per heavy atom. The van der Waals surface area contributed by atoms with E-state index in [9.17, 15) is 9.00 Å². The SMILES string of the molecule is C=CCC1CC/C=C(c2ccc(S(=O)OC)cc2)\C=C/CCC1=O. The zero-order valence-electron chi connectivity index (χ0n) is 14.1. The first-order valence-corrected chi connectivity index (χ1v) is 9.30. The van der Waals surface area contributed by atoms with E-state index in [-0.39, 0.29) is 5.92 Å². The van der Waals surface area contributed by atoms with Gasteiger partial charge in [-0.25, -0.2) is 4.21 Å². The molecule has 0 spiro atoms. The molecule has 1 aliphatic rings. The fraction of sp³-hybridized carbons (Fsp3) is 0.350. The van der Waals surface area contributed by atoms with Crippen LogP contribution in [-0.4, -0.2) is 17.1 Å². The lowest BCUT2D eigenvalue weighted by atomic mass is 9.90. The van der Waals surface area contributed by atoms with Gasteiger partial charge in [-0.1, -0.05) is 36.4 Å². The van der Waals surface area contributed by atoms with Crippen LogP contribution in [0.5, 0.6) is 0 Å². The smallest absolute Gasteiger partial charge is 0.188 e. The molecule has 0 saturated carbocycles. The van der Waals surface area contributed by atoms with E-state index in [2.05, 4.69) is 24.8 Å². The van der Waals surface area contributed by atoms with Crippen LogP contribution in [0.25, 0.3) is 5.57 Å². The van der Waals surface area contributed by atoms with Crippen LogP contribution in [0.2, 0.25) is 0 Å². The lowest BCUT2D eigenvalue weighted by Gasteiger charge is -2.14. The largest absolute Gasteiger partial charge is 0.299 e. The summed E-state index contributed by atoms with van der Waals surface area (Å²) in [6, 6.07) is 7.57. The van der Waals surface area contributed by atoms with Gasteiger partial charge in [0.15, 0.2) is 11.1 Å². The number of rotatable bonds is 5. The van der Waals surface area contributed by atoms with Gasteiger partial charge in [-0.3, -0.25) is 8.98 Å². The minimum Gasteiger partial charge on any atom is -0.299 e. The van der Waals surface area contributed by atoms with Crippen molar-refractivity contribution in [3.63, 3.8) is 0 Å². The second kappa shape index (κ2) is 9.50. The molecule has 0 bridgehead atoms. The molecular weight excluding hydrogens is 320 g/mol. The average molecular weight is 344 g/mol. The van der Waals surface area contributed by atoms with E-state index in [1.807, 2.05) is 30.3 Å². The summed E-state index contributed by atoms with van der Waals surface area (Å²) in [6.07, 6.45) is 12.0. The van der Waals surface area contributed by atoms with Gasteiger partial charge in [-0.2, -0.15) is 0 Å². The first-order valence-electron chi connectivity index (χ1n) is 8.22. The highest BCUT2D eigenvalue weighted by molar-refractivity contribution is 7.80. The Morgan fingerprint density at radius 3 is 2.71 bits per heavy atom. The van der Waals surface area contributed by atoms with Crippen molar-refractivity contribution >= 4 is 22.4 Å². The molecule has 0 amide bonds. The summed E-state index contributed by atoms with van der Waals surface area (Å²) in [7, 11) is 1.43. The monoisotopic (exact) mass is 344 g/mol. The molecule has 2 atom stereocenters. The molecule has 1 aromatic rings. The van der Waals surface area contributed by atoms with Crippen LogP contribution in [-0.2, 0) is 20.1 Å². The van der Waals surface area contributed by atoms with Crippen molar-refractivity contribution in [1.29, 1.82) is 0 Å². The first-order chi connectivity index (χ1) is 11.7. The second-order valence-corrected chi connectivity index (χ2v) is 7.07. The highest BCUT2D eigenvalue weighted by atomic mass is 32.2. The molecule has 0 saturated heterocycles. The molecule has 24 heavy (non-hydrogen) atoms. The maximum absolute atomic E-state index is 12.2. The first kappa shape index (κ1) is 18.6. The number of hydrogen-bond donors (Lipinski definition) is 0. The number of carbonyl (C=O) groups excluding carboxylic acids is 1. The van der Waals surface area contributed by atoms with Crippen molar-refractivity contribution in [1.82, 2.24) is 0 Å². The van der Waals surface area contributed by atoms with Crippen molar-refractivity contribution in [2.75, 3.05) is 7.11 Å². The van der Waals surface area contributed by atoms with Gasteiger partial charge in [0.1, 0.15) is 5.78 Å². The second-order valence-electron chi connectivity index (χ2n) is 5.79. The van der Waals surface area contributed by atoms with E-state index in [1.54, 1.807) is 0 Å². The molecule has 0 heterocycles. The Balaban J connectivity index is 2.17. The van der Waals surface area contributed by atoms with Crippen molar-refractivity contribution in [3.05, 3.63) is 60.7 Å². The summed E-state index contributed by atoms with van der Waals surface area (Å²) in [6.45, 7) is 3.76. The van der Waals surface area contributed by atoms with Crippen molar-refractivity contribution < 1.29 is 13.2 Å². The Labute approximate surface area is 146 Å². The van der Waals surface area contributed by atoms with Gasteiger partial charge in [0.2, 0.25) is 0 Å². The van der Waals surface area contributed by atoms with Gasteiger partial charge in [-0.05, 0) is 49.0 Å². The van der Waals surface area contributed by atoms with E-state index in [4.69, 9.17) is 4.18 Å². The third kappa shape index (κ3) is 5.11. The van der Waals surface area contributed by atoms with E-state index < -0.39 is 11.1 Å². The number of benzene rings is 1. The van der Waals surface area contributed by atoms with E-state index >= 15 is 0 Å². The minimum absolute atomic E-state index is 0.0815. The number of carbonyl (C=O) groups is 1. The summed E-state index contributed by atoms with van der Waals surface area (Å²) >= 11 is -1.41. The molecule has 1 aliphatic carbocycles. The van der Waals surface area contributed by atoms with Gasteiger partial charge in [0.25, 0.3) is 0 Å². The normalized spacial score (nSPS) is 23.8. The van der Waals surface area contributed by atoms with Gasteiger partial charge < -0.3 is 0 Å². The van der Waals surface area contributed by atoms with Gasteiger partial charge in [0, 0.05) is 12.3 Å². The fourth-order valence-electron chi connectivity index (χ4n) is 2.83. The van der Waals surface area contributed by atoms with Crippen LogP contribution in [0.3, 0.4) is 0 Å². The summed E-state index contributed by atoms with van der Waals surface area (Å²) in [5.74, 6) is 0.417. The minimum atomic E-state index is -1.41. The molecule has 2 unspecified atom stereocenters. The van der Waals surface area contributed by atoms with Crippen LogP contribution >= 0.6 is 0 Å². The number of hydrogen-bond acceptors (Lipinski definition) is 3. The molecule has 0 fully saturated rings. The fourth-order valence-corrected chi connectivity index (χ4v) is 3.38. The third-order valence-electron chi connectivity index (χ3n) is 4.17. The van der Waals surface area contributed by atoms with Crippen molar-refractivity contribution in [2.24, 2.45) is 5.92 Å². The zero-order valence-corrected chi connectivity index (χ0v) is 14.9. The number of ketones is 1. The molecule has 0 N–H and O–H groups in total. The van der Waals surface area contributed by atoms with Crippen LogP contribution in [0.1, 0.15) is 37.7 Å². The molecule has 1 aromatic carbocycles. The van der Waals surface area contributed by atoms with E-state index in [0.29, 0.717) is 17.1 Å². The standard InChI is InChI=1S/C20H24O3S/c1-3-7-18-10-6-9-16(8-4-5-11-20(18)21)17-12-14-19(15-13-17)24(22)23-2/h3-4,8-9,12-15,18H,1,5-7,10-11H2,2H3/b8-4-,16-9+. The Hall–Kier alpha value is -1.78. The van der Waals surface area contributed by atoms with E-state index in [0.717, 1.165) is 36.8 Å². The van der Waals surface area contributed by atoms with E-state index in [1.165, 1.54) is 7.11 Å². The zero-order chi connectivity index (χ0) is 17.4. The summed E-state index contributed by atoms with van der Waals surface area (Å²) in [5.41, 5.74) is 2.21. The molecule has 4 heteroatoms. The van der Waals surface area contributed by atoms with Gasteiger partial charge in [-0.15, -0.1) is 6.58 Å². The Bertz CT molecular complexity index is 656. The van der Waals surface area contributed by atoms with Crippen molar-refractivity contribution in [3.8, 4) is 0 Å².